The Kier molecular flexibility index (Phi) is 4.33. The van der Waals surface area contributed by atoms with Gasteiger partial charge in [-0.2, -0.15) is 0 Å². The zero-order chi connectivity index (χ0) is 13.8. The highest BCUT2D eigenvalue weighted by molar-refractivity contribution is 5.78. The number of hydrogen-bond donors (Lipinski definition) is 2. The summed E-state index contributed by atoms with van der Waals surface area (Å²) in [5.41, 5.74) is 2.72. The smallest absolute Gasteiger partial charge is 0.223 e. The van der Waals surface area contributed by atoms with E-state index in [9.17, 15) is 4.79 Å². The van der Waals surface area contributed by atoms with Crippen LogP contribution in [-0.2, 0) is 16.0 Å². The number of rotatable bonds is 3. The molecule has 0 aromatic heterocycles. The molecule has 1 atom stereocenters. The van der Waals surface area contributed by atoms with Crippen molar-refractivity contribution in [3.05, 3.63) is 35.4 Å². The van der Waals surface area contributed by atoms with Crippen molar-refractivity contribution in [1.82, 2.24) is 10.6 Å². The van der Waals surface area contributed by atoms with E-state index in [0.29, 0.717) is 19.8 Å². The monoisotopic (exact) mass is 274 g/mol. The van der Waals surface area contributed by atoms with Crippen LogP contribution in [0.25, 0.3) is 0 Å². The van der Waals surface area contributed by atoms with Gasteiger partial charge in [-0.05, 0) is 36.9 Å². The Morgan fingerprint density at radius 2 is 2.10 bits per heavy atom. The number of amides is 1. The van der Waals surface area contributed by atoms with E-state index in [-0.39, 0.29) is 17.9 Å². The summed E-state index contributed by atoms with van der Waals surface area (Å²) >= 11 is 0. The summed E-state index contributed by atoms with van der Waals surface area (Å²) in [5.74, 6) is 0.306. The fourth-order valence-electron chi connectivity index (χ4n) is 3.08. The third-order valence-electron chi connectivity index (χ3n) is 4.29. The Hall–Kier alpha value is -1.39. The third-order valence-corrected chi connectivity index (χ3v) is 4.29. The lowest BCUT2D eigenvalue weighted by Crippen LogP contribution is -2.41. The van der Waals surface area contributed by atoms with E-state index in [1.807, 2.05) is 0 Å². The lowest BCUT2D eigenvalue weighted by Gasteiger charge is -2.28. The summed E-state index contributed by atoms with van der Waals surface area (Å²) in [5, 5.41) is 6.60. The average Bonchev–Trinajstić information content (AvgIpc) is 2.53. The van der Waals surface area contributed by atoms with E-state index in [1.165, 1.54) is 11.1 Å². The van der Waals surface area contributed by atoms with Crippen LogP contribution in [0.2, 0.25) is 0 Å². The van der Waals surface area contributed by atoms with Crippen LogP contribution in [-0.4, -0.2) is 32.2 Å². The van der Waals surface area contributed by atoms with Crippen LogP contribution < -0.4 is 10.6 Å². The van der Waals surface area contributed by atoms with Gasteiger partial charge in [0, 0.05) is 31.7 Å². The highest BCUT2D eigenvalue weighted by Crippen LogP contribution is 2.22. The van der Waals surface area contributed by atoms with Crippen molar-refractivity contribution >= 4 is 5.91 Å². The molecule has 3 rings (SSSR count). The quantitative estimate of drug-likeness (QED) is 0.876. The number of carbonyl (C=O) groups excluding carboxylic acids is 1. The predicted octanol–water partition coefficient (Wildman–Crippen LogP) is 1.42. The number of hydrogen-bond acceptors (Lipinski definition) is 3. The molecule has 1 aromatic rings. The van der Waals surface area contributed by atoms with Crippen LogP contribution in [0.5, 0.6) is 0 Å². The van der Waals surface area contributed by atoms with Crippen molar-refractivity contribution in [3.63, 3.8) is 0 Å². The second kappa shape index (κ2) is 6.37. The molecular formula is C16H22N2O2. The minimum Gasteiger partial charge on any atom is -0.381 e. The van der Waals surface area contributed by atoms with Crippen molar-refractivity contribution in [2.45, 2.75) is 25.3 Å². The summed E-state index contributed by atoms with van der Waals surface area (Å²) in [6.45, 7) is 3.08. The zero-order valence-electron chi connectivity index (χ0n) is 11.7. The Bertz CT molecular complexity index is 469. The van der Waals surface area contributed by atoms with Gasteiger partial charge in [-0.25, -0.2) is 0 Å². The maximum atomic E-state index is 12.2. The molecule has 20 heavy (non-hydrogen) atoms. The van der Waals surface area contributed by atoms with Crippen molar-refractivity contribution < 1.29 is 9.53 Å². The molecule has 2 heterocycles. The third kappa shape index (κ3) is 3.02. The van der Waals surface area contributed by atoms with Gasteiger partial charge in [0.05, 0.1) is 0 Å². The molecule has 1 saturated heterocycles. The SMILES string of the molecule is O=C(NCC1NCCc2ccccc21)C1CCOCC1. The van der Waals surface area contributed by atoms with E-state index in [2.05, 4.69) is 34.9 Å². The van der Waals surface area contributed by atoms with E-state index in [4.69, 9.17) is 4.74 Å². The Balaban J connectivity index is 1.57. The first-order chi connectivity index (χ1) is 9.84. The lowest BCUT2D eigenvalue weighted by atomic mass is 9.94. The largest absolute Gasteiger partial charge is 0.381 e. The summed E-state index contributed by atoms with van der Waals surface area (Å²) in [6, 6.07) is 8.74. The van der Waals surface area contributed by atoms with E-state index in [0.717, 1.165) is 25.8 Å². The number of nitrogens with one attached hydrogen (secondary N) is 2. The van der Waals surface area contributed by atoms with Crippen molar-refractivity contribution in [2.75, 3.05) is 26.3 Å². The summed E-state index contributed by atoms with van der Waals surface area (Å²) < 4.78 is 5.30. The molecule has 1 fully saturated rings. The molecule has 108 valence electrons. The Morgan fingerprint density at radius 3 is 2.95 bits per heavy atom. The molecule has 1 unspecified atom stereocenters. The van der Waals surface area contributed by atoms with Gasteiger partial charge >= 0.3 is 0 Å². The molecule has 1 amide bonds. The lowest BCUT2D eigenvalue weighted by molar-refractivity contribution is -0.127. The molecule has 0 radical (unpaired) electrons. The first kappa shape index (κ1) is 13.6. The molecule has 2 aliphatic heterocycles. The van der Waals surface area contributed by atoms with E-state index >= 15 is 0 Å². The van der Waals surface area contributed by atoms with Crippen molar-refractivity contribution in [1.29, 1.82) is 0 Å². The first-order valence-electron chi connectivity index (χ1n) is 7.51. The van der Waals surface area contributed by atoms with Gasteiger partial charge in [-0.3, -0.25) is 4.79 Å². The normalized spacial score (nSPS) is 23.1. The fraction of sp³-hybridized carbons (Fsp3) is 0.562. The second-order valence-electron chi connectivity index (χ2n) is 5.59. The minimum atomic E-state index is 0.127. The molecule has 0 aliphatic carbocycles. The van der Waals surface area contributed by atoms with Gasteiger partial charge in [0.1, 0.15) is 0 Å². The van der Waals surface area contributed by atoms with Crippen LogP contribution in [0.15, 0.2) is 24.3 Å². The van der Waals surface area contributed by atoms with Gasteiger partial charge in [-0.1, -0.05) is 24.3 Å². The minimum absolute atomic E-state index is 0.127. The van der Waals surface area contributed by atoms with Crippen LogP contribution in [0.4, 0.5) is 0 Å². The molecule has 2 N–H and O–H groups in total. The maximum absolute atomic E-state index is 12.2. The van der Waals surface area contributed by atoms with Crippen molar-refractivity contribution in [3.8, 4) is 0 Å². The Labute approximate surface area is 119 Å². The fourth-order valence-corrected chi connectivity index (χ4v) is 3.08. The van der Waals surface area contributed by atoms with Crippen LogP contribution in [0.1, 0.15) is 30.0 Å². The van der Waals surface area contributed by atoms with Gasteiger partial charge in [0.2, 0.25) is 5.91 Å². The van der Waals surface area contributed by atoms with E-state index < -0.39 is 0 Å². The highest BCUT2D eigenvalue weighted by Gasteiger charge is 2.24. The van der Waals surface area contributed by atoms with Gasteiger partial charge in [0.15, 0.2) is 0 Å². The zero-order valence-corrected chi connectivity index (χ0v) is 11.7. The number of ether oxygens (including phenoxy) is 1. The predicted molar refractivity (Wildman–Crippen MR) is 77.4 cm³/mol. The number of benzene rings is 1. The van der Waals surface area contributed by atoms with Crippen LogP contribution >= 0.6 is 0 Å². The molecule has 1 aromatic carbocycles. The summed E-state index contributed by atoms with van der Waals surface area (Å²) in [6.07, 6.45) is 2.77. The standard InChI is InChI=1S/C16H22N2O2/c19-16(13-6-9-20-10-7-13)18-11-15-14-4-2-1-3-12(14)5-8-17-15/h1-4,13,15,17H,5-11H2,(H,18,19). The maximum Gasteiger partial charge on any atom is 0.223 e. The summed E-state index contributed by atoms with van der Waals surface area (Å²) in [4.78, 5) is 12.2. The molecule has 0 bridgehead atoms. The molecule has 4 nitrogen and oxygen atoms in total. The van der Waals surface area contributed by atoms with Gasteiger partial charge in [0.25, 0.3) is 0 Å². The Morgan fingerprint density at radius 1 is 1.30 bits per heavy atom. The average molecular weight is 274 g/mol. The topological polar surface area (TPSA) is 50.4 Å². The van der Waals surface area contributed by atoms with E-state index in [1.54, 1.807) is 0 Å². The van der Waals surface area contributed by atoms with Gasteiger partial charge in [-0.15, -0.1) is 0 Å². The second-order valence-corrected chi connectivity index (χ2v) is 5.59. The molecule has 2 aliphatic rings. The highest BCUT2D eigenvalue weighted by atomic mass is 16.5. The molecule has 0 spiro atoms. The van der Waals surface area contributed by atoms with Crippen molar-refractivity contribution in [2.24, 2.45) is 5.92 Å². The van der Waals surface area contributed by atoms with Crippen LogP contribution in [0, 0.1) is 5.92 Å². The number of fused-ring (bicyclic) bond motifs is 1. The molecule has 0 saturated carbocycles. The molecular weight excluding hydrogens is 252 g/mol. The van der Waals surface area contributed by atoms with Crippen LogP contribution in [0.3, 0.4) is 0 Å². The van der Waals surface area contributed by atoms with Gasteiger partial charge < -0.3 is 15.4 Å². The molecule has 4 heteroatoms. The number of carbonyl (C=O) groups is 1. The first-order valence-corrected chi connectivity index (χ1v) is 7.51. The summed E-state index contributed by atoms with van der Waals surface area (Å²) in [7, 11) is 0.